The Kier molecular flexibility index (Phi) is 6.79. The van der Waals surface area contributed by atoms with E-state index in [1.807, 2.05) is 38.4 Å². The number of hydrogen-bond donors (Lipinski definition) is 0. The van der Waals surface area contributed by atoms with Gasteiger partial charge in [0.25, 0.3) is 0 Å². The molecule has 28 heavy (non-hydrogen) atoms. The number of hydrogen-bond acceptors (Lipinski definition) is 2. The number of carbonyl (C=O) groups excluding carboxylic acids is 2. The standard InChI is InChI=1S/C24H36N2O2/c1-17-5-9-19(10-6-17)23(27)25(3)21-13-15-22(16-14-21)26(4)24(28)20-11-7-18(2)8-12-20/h13-20H,5-12H2,1-4H3. The first kappa shape index (κ1) is 20.9. The number of carbonyl (C=O) groups is 2. The Labute approximate surface area is 170 Å². The molecule has 2 amide bonds. The van der Waals surface area contributed by atoms with Gasteiger partial charge in [0.05, 0.1) is 0 Å². The van der Waals surface area contributed by atoms with Gasteiger partial charge >= 0.3 is 0 Å². The Hall–Kier alpha value is -1.84. The molecule has 0 saturated heterocycles. The molecule has 2 aliphatic carbocycles. The Morgan fingerprint density at radius 3 is 1.21 bits per heavy atom. The Morgan fingerprint density at radius 2 is 0.929 bits per heavy atom. The molecule has 0 atom stereocenters. The average molecular weight is 385 g/mol. The zero-order valence-electron chi connectivity index (χ0n) is 18.0. The second-order valence-electron chi connectivity index (χ2n) is 9.22. The van der Waals surface area contributed by atoms with E-state index < -0.39 is 0 Å². The monoisotopic (exact) mass is 384 g/mol. The minimum Gasteiger partial charge on any atom is -0.315 e. The topological polar surface area (TPSA) is 40.6 Å². The minimum absolute atomic E-state index is 0.152. The molecule has 0 aliphatic heterocycles. The summed E-state index contributed by atoms with van der Waals surface area (Å²) in [5.74, 6) is 2.24. The maximum absolute atomic E-state index is 12.8. The highest BCUT2D eigenvalue weighted by Crippen LogP contribution is 2.32. The lowest BCUT2D eigenvalue weighted by Gasteiger charge is -2.30. The SMILES string of the molecule is CC1CCC(C(=O)N(C)c2ccc(N(C)C(=O)C3CCC(C)CC3)cc2)CC1. The summed E-state index contributed by atoms with van der Waals surface area (Å²) in [4.78, 5) is 29.2. The summed E-state index contributed by atoms with van der Waals surface area (Å²) in [6.07, 6.45) is 8.59. The third-order valence-electron chi connectivity index (χ3n) is 7.02. The lowest BCUT2D eigenvalue weighted by Crippen LogP contribution is -2.35. The highest BCUT2D eigenvalue weighted by atomic mass is 16.2. The molecule has 0 bridgehead atoms. The van der Waals surface area contributed by atoms with E-state index in [0.29, 0.717) is 0 Å². The summed E-state index contributed by atoms with van der Waals surface area (Å²) in [5, 5.41) is 0. The Morgan fingerprint density at radius 1 is 0.643 bits per heavy atom. The molecular formula is C24H36N2O2. The van der Waals surface area contributed by atoms with Crippen LogP contribution < -0.4 is 9.80 Å². The molecule has 0 N–H and O–H groups in total. The molecule has 2 aliphatic rings. The smallest absolute Gasteiger partial charge is 0.229 e. The fourth-order valence-electron chi connectivity index (χ4n) is 4.72. The van der Waals surface area contributed by atoms with Gasteiger partial charge in [0, 0.05) is 37.3 Å². The van der Waals surface area contributed by atoms with Gasteiger partial charge in [0.1, 0.15) is 0 Å². The van der Waals surface area contributed by atoms with Crippen LogP contribution in [0.25, 0.3) is 0 Å². The lowest BCUT2D eigenvalue weighted by molar-refractivity contribution is -0.124. The molecule has 1 aromatic rings. The maximum atomic E-state index is 12.8. The van der Waals surface area contributed by atoms with Crippen LogP contribution in [0.3, 0.4) is 0 Å². The molecule has 1 aromatic carbocycles. The zero-order chi connectivity index (χ0) is 20.3. The van der Waals surface area contributed by atoms with Crippen LogP contribution in [-0.2, 0) is 9.59 Å². The van der Waals surface area contributed by atoms with Crippen molar-refractivity contribution in [1.82, 2.24) is 0 Å². The second kappa shape index (κ2) is 9.11. The van der Waals surface area contributed by atoms with Crippen molar-refractivity contribution in [2.45, 2.75) is 65.2 Å². The number of nitrogens with zero attached hydrogens (tertiary/aromatic N) is 2. The van der Waals surface area contributed by atoms with Crippen LogP contribution in [0.5, 0.6) is 0 Å². The summed E-state index contributed by atoms with van der Waals surface area (Å²) < 4.78 is 0. The summed E-state index contributed by atoms with van der Waals surface area (Å²) >= 11 is 0. The van der Waals surface area contributed by atoms with Gasteiger partial charge in [-0.25, -0.2) is 0 Å². The van der Waals surface area contributed by atoms with Gasteiger partial charge in [0.15, 0.2) is 0 Å². The van der Waals surface area contributed by atoms with Crippen molar-refractivity contribution < 1.29 is 9.59 Å². The molecule has 0 unspecified atom stereocenters. The van der Waals surface area contributed by atoms with E-state index >= 15 is 0 Å². The van der Waals surface area contributed by atoms with Gasteiger partial charge in [-0.2, -0.15) is 0 Å². The molecule has 0 radical (unpaired) electrons. The molecule has 0 heterocycles. The number of amides is 2. The van der Waals surface area contributed by atoms with E-state index in [2.05, 4.69) is 13.8 Å². The van der Waals surface area contributed by atoms with Crippen LogP contribution in [0.1, 0.15) is 65.2 Å². The minimum atomic E-state index is 0.152. The van der Waals surface area contributed by atoms with Crippen molar-refractivity contribution in [3.8, 4) is 0 Å². The first-order chi connectivity index (χ1) is 13.4. The molecule has 2 saturated carbocycles. The van der Waals surface area contributed by atoms with E-state index in [4.69, 9.17) is 0 Å². The summed E-state index contributed by atoms with van der Waals surface area (Å²) in [6.45, 7) is 4.55. The van der Waals surface area contributed by atoms with Crippen molar-refractivity contribution in [3.63, 3.8) is 0 Å². The third kappa shape index (κ3) is 4.76. The van der Waals surface area contributed by atoms with Gasteiger partial charge in [0.2, 0.25) is 11.8 Å². The van der Waals surface area contributed by atoms with Crippen LogP contribution in [-0.4, -0.2) is 25.9 Å². The highest BCUT2D eigenvalue weighted by molar-refractivity contribution is 5.96. The molecular weight excluding hydrogens is 348 g/mol. The number of rotatable bonds is 4. The van der Waals surface area contributed by atoms with Gasteiger partial charge in [-0.3, -0.25) is 9.59 Å². The lowest BCUT2D eigenvalue weighted by atomic mass is 9.82. The van der Waals surface area contributed by atoms with Gasteiger partial charge in [-0.05, 0) is 87.5 Å². The fourth-order valence-corrected chi connectivity index (χ4v) is 4.72. The summed E-state index contributed by atoms with van der Waals surface area (Å²) in [6, 6.07) is 7.85. The average Bonchev–Trinajstić information content (AvgIpc) is 2.73. The van der Waals surface area contributed by atoms with Gasteiger partial charge < -0.3 is 9.80 Å². The zero-order valence-corrected chi connectivity index (χ0v) is 18.0. The molecule has 4 nitrogen and oxygen atoms in total. The van der Waals surface area contributed by atoms with Crippen molar-refractivity contribution in [1.29, 1.82) is 0 Å². The van der Waals surface area contributed by atoms with E-state index in [0.717, 1.165) is 74.6 Å². The van der Waals surface area contributed by atoms with Crippen LogP contribution in [0.2, 0.25) is 0 Å². The fraction of sp³-hybridized carbons (Fsp3) is 0.667. The largest absolute Gasteiger partial charge is 0.315 e. The quantitative estimate of drug-likeness (QED) is 0.710. The maximum Gasteiger partial charge on any atom is 0.229 e. The third-order valence-corrected chi connectivity index (χ3v) is 7.02. The normalized spacial score (nSPS) is 27.9. The van der Waals surface area contributed by atoms with Gasteiger partial charge in [-0.1, -0.05) is 13.8 Å². The predicted molar refractivity (Wildman–Crippen MR) is 116 cm³/mol. The van der Waals surface area contributed by atoms with Crippen molar-refractivity contribution in [3.05, 3.63) is 24.3 Å². The van der Waals surface area contributed by atoms with Crippen molar-refractivity contribution in [2.24, 2.45) is 23.7 Å². The number of benzene rings is 1. The number of anilines is 2. The van der Waals surface area contributed by atoms with Crippen molar-refractivity contribution >= 4 is 23.2 Å². The van der Waals surface area contributed by atoms with E-state index in [9.17, 15) is 9.59 Å². The molecule has 3 rings (SSSR count). The first-order valence-electron chi connectivity index (χ1n) is 11.0. The van der Waals surface area contributed by atoms with E-state index in [1.54, 1.807) is 9.80 Å². The van der Waals surface area contributed by atoms with Crippen molar-refractivity contribution in [2.75, 3.05) is 23.9 Å². The van der Waals surface area contributed by atoms with Crippen LogP contribution >= 0.6 is 0 Å². The first-order valence-corrected chi connectivity index (χ1v) is 11.0. The van der Waals surface area contributed by atoms with Crippen LogP contribution in [0.4, 0.5) is 11.4 Å². The Bertz CT molecular complexity index is 609. The molecule has 154 valence electrons. The molecule has 4 heteroatoms. The molecule has 2 fully saturated rings. The molecule has 0 aromatic heterocycles. The van der Waals surface area contributed by atoms with Crippen LogP contribution in [0, 0.1) is 23.7 Å². The summed E-state index contributed by atoms with van der Waals surface area (Å²) in [7, 11) is 3.74. The van der Waals surface area contributed by atoms with E-state index in [1.165, 1.54) is 0 Å². The highest BCUT2D eigenvalue weighted by Gasteiger charge is 2.28. The van der Waals surface area contributed by atoms with Crippen LogP contribution in [0.15, 0.2) is 24.3 Å². The van der Waals surface area contributed by atoms with Gasteiger partial charge in [-0.15, -0.1) is 0 Å². The second-order valence-corrected chi connectivity index (χ2v) is 9.22. The Balaban J connectivity index is 1.60. The van der Waals surface area contributed by atoms with E-state index in [-0.39, 0.29) is 23.7 Å². The summed E-state index contributed by atoms with van der Waals surface area (Å²) in [5.41, 5.74) is 1.81. The predicted octanol–water partition coefficient (Wildman–Crippen LogP) is 5.26. The molecule has 0 spiro atoms.